The third-order valence-electron chi connectivity index (χ3n) is 3.66. The summed E-state index contributed by atoms with van der Waals surface area (Å²) in [6.07, 6.45) is 13.2. The summed E-state index contributed by atoms with van der Waals surface area (Å²) in [6.45, 7) is 10.2. The van der Waals surface area contributed by atoms with Crippen molar-refractivity contribution in [3.63, 3.8) is 0 Å². The fourth-order valence-electron chi connectivity index (χ4n) is 2.04. The molecule has 0 aliphatic carbocycles. The molecule has 1 unspecified atom stereocenters. The lowest BCUT2D eigenvalue weighted by Gasteiger charge is -2.09. The van der Waals surface area contributed by atoms with Crippen LogP contribution in [0.2, 0.25) is 0 Å². The summed E-state index contributed by atoms with van der Waals surface area (Å²) in [5.74, 6) is 0. The molecule has 0 amide bonds. The van der Waals surface area contributed by atoms with E-state index in [1.165, 1.54) is 11.1 Å². The van der Waals surface area contributed by atoms with Crippen molar-refractivity contribution in [1.29, 1.82) is 0 Å². The fourth-order valence-corrected chi connectivity index (χ4v) is 2.04. The van der Waals surface area contributed by atoms with E-state index < -0.39 is 0 Å². The Balaban J connectivity index is 4.15. The molecule has 0 aromatic heterocycles. The molecule has 0 fully saturated rings. The van der Waals surface area contributed by atoms with Crippen LogP contribution in [-0.4, -0.2) is 17.5 Å². The van der Waals surface area contributed by atoms with Gasteiger partial charge in [-0.1, -0.05) is 34.9 Å². The number of aldehydes is 1. The molecule has 0 spiro atoms. The first-order chi connectivity index (χ1) is 10.4. The summed E-state index contributed by atoms with van der Waals surface area (Å²) < 4.78 is 0. The van der Waals surface area contributed by atoms with Gasteiger partial charge in [-0.3, -0.25) is 4.79 Å². The highest BCUT2D eigenvalue weighted by atomic mass is 16.3. The predicted molar refractivity (Wildman–Crippen MR) is 95.9 cm³/mol. The van der Waals surface area contributed by atoms with Crippen molar-refractivity contribution in [3.8, 4) is 0 Å². The summed E-state index contributed by atoms with van der Waals surface area (Å²) >= 11 is 0. The summed E-state index contributed by atoms with van der Waals surface area (Å²) in [7, 11) is 0. The number of rotatable bonds is 10. The van der Waals surface area contributed by atoms with Crippen LogP contribution in [0.4, 0.5) is 0 Å². The number of carbonyl (C=O) groups excluding carboxylic acids is 1. The zero-order valence-corrected chi connectivity index (χ0v) is 14.9. The third-order valence-corrected chi connectivity index (χ3v) is 3.66. The Morgan fingerprint density at radius 3 is 2.09 bits per heavy atom. The molecule has 0 rings (SSSR count). The topological polar surface area (TPSA) is 37.3 Å². The van der Waals surface area contributed by atoms with Crippen LogP contribution in [0.25, 0.3) is 0 Å². The van der Waals surface area contributed by atoms with Crippen molar-refractivity contribution in [1.82, 2.24) is 0 Å². The maximum Gasteiger partial charge on any atom is 0.142 e. The van der Waals surface area contributed by atoms with E-state index in [9.17, 15) is 9.90 Å². The van der Waals surface area contributed by atoms with E-state index in [4.69, 9.17) is 0 Å². The molecular weight excluding hydrogens is 272 g/mol. The number of hydrogen-bond acceptors (Lipinski definition) is 2. The second-order valence-electron chi connectivity index (χ2n) is 6.26. The van der Waals surface area contributed by atoms with Gasteiger partial charge < -0.3 is 5.11 Å². The first-order valence-electron chi connectivity index (χ1n) is 8.11. The minimum Gasteiger partial charge on any atom is -0.388 e. The van der Waals surface area contributed by atoms with Crippen molar-refractivity contribution in [2.45, 2.75) is 72.8 Å². The van der Waals surface area contributed by atoms with Gasteiger partial charge in [0.25, 0.3) is 0 Å². The maximum absolute atomic E-state index is 10.3. The minimum atomic E-state index is -0.365. The fraction of sp³-hybridized carbons (Fsp3) is 0.550. The number of carbonyl (C=O) groups is 1. The molecular formula is C20H32O2. The van der Waals surface area contributed by atoms with E-state index in [1.807, 2.05) is 27.7 Å². The molecule has 0 heterocycles. The predicted octanol–water partition coefficient (Wildman–Crippen LogP) is 5.30. The van der Waals surface area contributed by atoms with Crippen LogP contribution in [0, 0.1) is 0 Å². The van der Waals surface area contributed by atoms with E-state index in [-0.39, 0.29) is 6.10 Å². The quantitative estimate of drug-likeness (QED) is 0.338. The zero-order chi connectivity index (χ0) is 17.0. The summed E-state index contributed by atoms with van der Waals surface area (Å²) in [5, 5.41) is 10.0. The average Bonchev–Trinajstić information content (AvgIpc) is 2.44. The van der Waals surface area contributed by atoms with Gasteiger partial charge in [0.2, 0.25) is 0 Å². The molecule has 0 aromatic rings. The number of aliphatic hydroxyl groups is 1. The van der Waals surface area contributed by atoms with Crippen LogP contribution in [0.15, 0.2) is 46.6 Å². The van der Waals surface area contributed by atoms with Crippen molar-refractivity contribution >= 4 is 6.29 Å². The van der Waals surface area contributed by atoms with E-state index in [1.54, 1.807) is 6.08 Å². The van der Waals surface area contributed by atoms with Crippen molar-refractivity contribution in [3.05, 3.63) is 46.6 Å². The van der Waals surface area contributed by atoms with Crippen LogP contribution in [0.1, 0.15) is 66.7 Å². The van der Waals surface area contributed by atoms with Gasteiger partial charge >= 0.3 is 0 Å². The molecule has 0 aromatic carbocycles. The Morgan fingerprint density at radius 1 is 0.909 bits per heavy atom. The van der Waals surface area contributed by atoms with Gasteiger partial charge in [-0.05, 0) is 78.4 Å². The minimum absolute atomic E-state index is 0.365. The number of allylic oxidation sites excluding steroid dienone is 6. The summed E-state index contributed by atoms with van der Waals surface area (Å²) in [6, 6.07) is 0. The molecule has 1 N–H and O–H groups in total. The molecule has 22 heavy (non-hydrogen) atoms. The molecule has 0 bridgehead atoms. The second-order valence-corrected chi connectivity index (χ2v) is 6.26. The van der Waals surface area contributed by atoms with E-state index in [0.29, 0.717) is 6.42 Å². The van der Waals surface area contributed by atoms with Crippen molar-refractivity contribution in [2.75, 3.05) is 0 Å². The van der Waals surface area contributed by atoms with E-state index >= 15 is 0 Å². The molecule has 0 aliphatic heterocycles. The highest BCUT2D eigenvalue weighted by molar-refractivity contribution is 5.65. The highest BCUT2D eigenvalue weighted by Gasteiger charge is 2.03. The van der Waals surface area contributed by atoms with E-state index in [2.05, 4.69) is 25.2 Å². The van der Waals surface area contributed by atoms with Crippen LogP contribution in [-0.2, 0) is 4.79 Å². The lowest BCUT2D eigenvalue weighted by atomic mass is 10.0. The normalized spacial score (nSPS) is 14.7. The molecule has 2 heteroatoms. The van der Waals surface area contributed by atoms with Crippen LogP contribution in [0.5, 0.6) is 0 Å². The molecule has 0 saturated heterocycles. The first-order valence-corrected chi connectivity index (χ1v) is 8.11. The Kier molecular flexibility index (Phi) is 11.4. The van der Waals surface area contributed by atoms with Gasteiger partial charge in [0.1, 0.15) is 6.29 Å². The molecule has 0 aliphatic rings. The molecule has 0 saturated carbocycles. The van der Waals surface area contributed by atoms with Gasteiger partial charge in [0, 0.05) is 0 Å². The number of aliphatic hydroxyl groups excluding tert-OH is 1. The van der Waals surface area contributed by atoms with Crippen LogP contribution >= 0.6 is 0 Å². The van der Waals surface area contributed by atoms with E-state index in [0.717, 1.165) is 43.1 Å². The Labute approximate surface area is 136 Å². The summed E-state index contributed by atoms with van der Waals surface area (Å²) in [4.78, 5) is 10.3. The second kappa shape index (κ2) is 12.2. The van der Waals surface area contributed by atoms with Crippen molar-refractivity contribution in [2.24, 2.45) is 0 Å². The highest BCUT2D eigenvalue weighted by Crippen LogP contribution is 2.13. The lowest BCUT2D eigenvalue weighted by molar-refractivity contribution is -0.104. The maximum atomic E-state index is 10.3. The van der Waals surface area contributed by atoms with Gasteiger partial charge in [-0.2, -0.15) is 0 Å². The Morgan fingerprint density at radius 2 is 1.50 bits per heavy atom. The number of hydrogen-bond donors (Lipinski definition) is 1. The molecule has 2 nitrogen and oxygen atoms in total. The monoisotopic (exact) mass is 304 g/mol. The standard InChI is InChI=1S/C20H32O2/c1-16(2)12-13-20(22)19(5)11-7-10-17(3)8-6-9-18(4)14-15-21/h8,11-12,14-15,20,22H,6-7,9-10,13H2,1-5H3/b17-8+,18-14+,19-11+. The lowest BCUT2D eigenvalue weighted by Crippen LogP contribution is -2.06. The van der Waals surface area contributed by atoms with Crippen LogP contribution in [0.3, 0.4) is 0 Å². The molecule has 124 valence electrons. The largest absolute Gasteiger partial charge is 0.388 e. The zero-order valence-electron chi connectivity index (χ0n) is 14.9. The van der Waals surface area contributed by atoms with Crippen LogP contribution < -0.4 is 0 Å². The Hall–Kier alpha value is -1.41. The van der Waals surface area contributed by atoms with Gasteiger partial charge in [-0.15, -0.1) is 0 Å². The summed E-state index contributed by atoms with van der Waals surface area (Å²) in [5.41, 5.74) is 4.78. The van der Waals surface area contributed by atoms with Crippen molar-refractivity contribution < 1.29 is 9.90 Å². The average molecular weight is 304 g/mol. The molecule has 1 atom stereocenters. The Bertz CT molecular complexity index is 446. The van der Waals surface area contributed by atoms with Gasteiger partial charge in [0.05, 0.1) is 6.10 Å². The first kappa shape index (κ1) is 20.6. The third kappa shape index (κ3) is 11.3. The molecule has 0 radical (unpaired) electrons. The van der Waals surface area contributed by atoms with Gasteiger partial charge in [0.15, 0.2) is 0 Å². The van der Waals surface area contributed by atoms with Gasteiger partial charge in [-0.25, -0.2) is 0 Å². The SMILES string of the molecule is CC(C)=CCC(O)/C(C)=C/CC/C(C)=C/CC/C(C)=C/C=O. The smallest absolute Gasteiger partial charge is 0.142 e.